The van der Waals surface area contributed by atoms with E-state index >= 15 is 0 Å². The second-order valence-electron chi connectivity index (χ2n) is 4.26. The van der Waals surface area contributed by atoms with Gasteiger partial charge in [0, 0.05) is 23.0 Å². The highest BCUT2D eigenvalue weighted by atomic mass is 32.1. The summed E-state index contributed by atoms with van der Waals surface area (Å²) in [5.74, 6) is 0. The topological polar surface area (TPSA) is 25.2 Å². The van der Waals surface area contributed by atoms with E-state index in [1.54, 1.807) is 11.1 Å². The number of furan rings is 1. The Morgan fingerprint density at radius 3 is 3.31 bits per heavy atom. The molecule has 0 saturated carbocycles. The summed E-state index contributed by atoms with van der Waals surface area (Å²) >= 11 is 1.89. The zero-order valence-corrected chi connectivity index (χ0v) is 9.93. The lowest BCUT2D eigenvalue weighted by Crippen LogP contribution is -2.23. The predicted molar refractivity (Wildman–Crippen MR) is 65.5 cm³/mol. The van der Waals surface area contributed by atoms with Crippen LogP contribution in [0.25, 0.3) is 0 Å². The molecule has 3 heteroatoms. The van der Waals surface area contributed by atoms with Crippen molar-refractivity contribution in [2.75, 3.05) is 0 Å². The molecule has 1 aliphatic carbocycles. The van der Waals surface area contributed by atoms with Crippen molar-refractivity contribution < 1.29 is 4.42 Å². The van der Waals surface area contributed by atoms with E-state index in [1.165, 1.54) is 30.4 Å². The van der Waals surface area contributed by atoms with Crippen molar-refractivity contribution in [3.63, 3.8) is 0 Å². The van der Waals surface area contributed by atoms with Gasteiger partial charge in [-0.2, -0.15) is 0 Å². The molecule has 0 amide bonds. The van der Waals surface area contributed by atoms with E-state index in [0.717, 1.165) is 6.54 Å². The van der Waals surface area contributed by atoms with E-state index in [-0.39, 0.29) is 0 Å². The maximum absolute atomic E-state index is 5.07. The molecule has 2 nitrogen and oxygen atoms in total. The molecule has 0 fully saturated rings. The molecule has 2 aromatic rings. The van der Waals surface area contributed by atoms with Gasteiger partial charge in [0.1, 0.15) is 0 Å². The van der Waals surface area contributed by atoms with Crippen molar-refractivity contribution in [2.45, 2.75) is 31.8 Å². The third kappa shape index (κ3) is 1.93. The Kier molecular flexibility index (Phi) is 2.80. The summed E-state index contributed by atoms with van der Waals surface area (Å²) in [7, 11) is 0. The van der Waals surface area contributed by atoms with Gasteiger partial charge in [0.25, 0.3) is 0 Å². The number of thiophene rings is 1. The largest absolute Gasteiger partial charge is 0.472 e. The quantitative estimate of drug-likeness (QED) is 0.877. The summed E-state index contributed by atoms with van der Waals surface area (Å²) in [5, 5.41) is 5.82. The molecule has 2 heterocycles. The Bertz CT molecular complexity index is 446. The third-order valence-corrected chi connectivity index (χ3v) is 4.18. The molecule has 2 aromatic heterocycles. The van der Waals surface area contributed by atoms with Gasteiger partial charge >= 0.3 is 0 Å². The number of aryl methyl sites for hydroxylation is 1. The second kappa shape index (κ2) is 4.44. The van der Waals surface area contributed by atoms with Gasteiger partial charge in [0.05, 0.1) is 12.5 Å². The lowest BCUT2D eigenvalue weighted by molar-refractivity contribution is 0.461. The van der Waals surface area contributed by atoms with E-state index in [1.807, 2.05) is 23.7 Å². The Labute approximate surface area is 99.3 Å². The van der Waals surface area contributed by atoms with Gasteiger partial charge in [-0.05, 0) is 42.3 Å². The molecule has 84 valence electrons. The van der Waals surface area contributed by atoms with Gasteiger partial charge in [-0.15, -0.1) is 11.3 Å². The summed E-state index contributed by atoms with van der Waals surface area (Å²) in [6.07, 6.45) is 7.35. The number of fused-ring (bicyclic) bond motifs is 1. The van der Waals surface area contributed by atoms with E-state index < -0.39 is 0 Å². The lowest BCUT2D eigenvalue weighted by Gasteiger charge is -2.23. The minimum Gasteiger partial charge on any atom is -0.472 e. The van der Waals surface area contributed by atoms with Crippen LogP contribution in [0.4, 0.5) is 0 Å². The molecule has 1 unspecified atom stereocenters. The maximum atomic E-state index is 5.07. The highest BCUT2D eigenvalue weighted by molar-refractivity contribution is 7.10. The number of rotatable bonds is 3. The molecule has 0 radical (unpaired) electrons. The molecule has 1 N–H and O–H groups in total. The van der Waals surface area contributed by atoms with Crippen molar-refractivity contribution in [1.82, 2.24) is 5.32 Å². The van der Waals surface area contributed by atoms with E-state index in [0.29, 0.717) is 6.04 Å². The molecule has 0 spiro atoms. The van der Waals surface area contributed by atoms with Gasteiger partial charge in [0.15, 0.2) is 0 Å². The van der Waals surface area contributed by atoms with Gasteiger partial charge in [-0.3, -0.25) is 0 Å². The van der Waals surface area contributed by atoms with Gasteiger partial charge in [0.2, 0.25) is 0 Å². The Hall–Kier alpha value is -1.06. The molecule has 1 aliphatic rings. The van der Waals surface area contributed by atoms with Crippen LogP contribution in [-0.2, 0) is 13.0 Å². The van der Waals surface area contributed by atoms with Crippen LogP contribution < -0.4 is 5.32 Å². The standard InChI is InChI=1S/C13H15NOS/c1-2-12(11-5-7-16-13(11)3-1)14-8-10-4-6-15-9-10/h4-7,9,12,14H,1-3,8H2. The third-order valence-electron chi connectivity index (χ3n) is 3.18. The zero-order chi connectivity index (χ0) is 10.8. The molecule has 0 saturated heterocycles. The van der Waals surface area contributed by atoms with Crippen LogP contribution in [0, 0.1) is 0 Å². The SMILES string of the molecule is c1cc(CNC2CCCc3sccc32)co1. The van der Waals surface area contributed by atoms with E-state index in [4.69, 9.17) is 4.42 Å². The molecule has 0 aromatic carbocycles. The summed E-state index contributed by atoms with van der Waals surface area (Å²) in [6.45, 7) is 0.899. The predicted octanol–water partition coefficient (Wildman–Crippen LogP) is 3.51. The smallest absolute Gasteiger partial charge is 0.0947 e. The molecule has 16 heavy (non-hydrogen) atoms. The van der Waals surface area contributed by atoms with Crippen LogP contribution >= 0.6 is 11.3 Å². The normalized spacial score (nSPS) is 19.6. The van der Waals surface area contributed by atoms with Gasteiger partial charge in [-0.25, -0.2) is 0 Å². The van der Waals surface area contributed by atoms with Gasteiger partial charge in [-0.1, -0.05) is 0 Å². The van der Waals surface area contributed by atoms with E-state index in [2.05, 4.69) is 16.8 Å². The average Bonchev–Trinajstić information content (AvgIpc) is 2.97. The fourth-order valence-corrected chi connectivity index (χ4v) is 3.32. The van der Waals surface area contributed by atoms with Crippen molar-refractivity contribution in [1.29, 1.82) is 0 Å². The van der Waals surface area contributed by atoms with Crippen molar-refractivity contribution >= 4 is 11.3 Å². The molecule has 1 atom stereocenters. The van der Waals surface area contributed by atoms with Crippen LogP contribution in [0.5, 0.6) is 0 Å². The van der Waals surface area contributed by atoms with Crippen molar-refractivity contribution in [3.8, 4) is 0 Å². The van der Waals surface area contributed by atoms with Crippen LogP contribution in [0.2, 0.25) is 0 Å². The number of hydrogen-bond donors (Lipinski definition) is 1. The first-order valence-electron chi connectivity index (χ1n) is 5.74. The average molecular weight is 233 g/mol. The summed E-state index contributed by atoms with van der Waals surface area (Å²) < 4.78 is 5.07. The Morgan fingerprint density at radius 2 is 2.44 bits per heavy atom. The van der Waals surface area contributed by atoms with Gasteiger partial charge < -0.3 is 9.73 Å². The summed E-state index contributed by atoms with van der Waals surface area (Å²) in [5.41, 5.74) is 2.74. The molecule has 0 bridgehead atoms. The molecular formula is C13H15NOS. The van der Waals surface area contributed by atoms with Crippen LogP contribution in [0.3, 0.4) is 0 Å². The van der Waals surface area contributed by atoms with Crippen molar-refractivity contribution in [3.05, 3.63) is 46.0 Å². The highest BCUT2D eigenvalue weighted by Crippen LogP contribution is 2.33. The van der Waals surface area contributed by atoms with Crippen LogP contribution in [0.15, 0.2) is 34.5 Å². The fraction of sp³-hybridized carbons (Fsp3) is 0.385. The van der Waals surface area contributed by atoms with Crippen LogP contribution in [-0.4, -0.2) is 0 Å². The van der Waals surface area contributed by atoms with Crippen molar-refractivity contribution in [2.24, 2.45) is 0 Å². The first kappa shape index (κ1) is 10.1. The lowest BCUT2D eigenvalue weighted by atomic mass is 9.94. The number of hydrogen-bond acceptors (Lipinski definition) is 3. The molecule has 3 rings (SSSR count). The monoisotopic (exact) mass is 233 g/mol. The second-order valence-corrected chi connectivity index (χ2v) is 5.26. The first-order valence-corrected chi connectivity index (χ1v) is 6.62. The minimum atomic E-state index is 0.532. The Morgan fingerprint density at radius 1 is 1.44 bits per heavy atom. The van der Waals surface area contributed by atoms with E-state index in [9.17, 15) is 0 Å². The number of nitrogens with one attached hydrogen (secondary N) is 1. The highest BCUT2D eigenvalue weighted by Gasteiger charge is 2.20. The summed E-state index contributed by atoms with van der Waals surface area (Å²) in [6, 6.07) is 4.82. The zero-order valence-electron chi connectivity index (χ0n) is 9.11. The minimum absolute atomic E-state index is 0.532. The molecule has 0 aliphatic heterocycles. The maximum Gasteiger partial charge on any atom is 0.0947 e. The Balaban J connectivity index is 1.69. The fourth-order valence-electron chi connectivity index (χ4n) is 2.33. The molecular weight excluding hydrogens is 218 g/mol. The summed E-state index contributed by atoms with van der Waals surface area (Å²) in [4.78, 5) is 1.57. The van der Waals surface area contributed by atoms with Crippen LogP contribution in [0.1, 0.15) is 34.9 Å². The first-order chi connectivity index (χ1) is 7.93.